The van der Waals surface area contributed by atoms with Crippen molar-refractivity contribution >= 4 is 0 Å². The fourth-order valence-corrected chi connectivity index (χ4v) is 3.24. The highest BCUT2D eigenvalue weighted by atomic mass is 16.5. The van der Waals surface area contributed by atoms with Gasteiger partial charge in [-0.25, -0.2) is 0 Å². The van der Waals surface area contributed by atoms with Crippen molar-refractivity contribution in [1.82, 2.24) is 9.88 Å². The highest BCUT2D eigenvalue weighted by molar-refractivity contribution is 5.33. The van der Waals surface area contributed by atoms with Gasteiger partial charge in [-0.2, -0.15) is 0 Å². The number of aromatic nitrogens is 1. The van der Waals surface area contributed by atoms with Gasteiger partial charge >= 0.3 is 0 Å². The number of nitrogens with zero attached hydrogens (tertiary/aromatic N) is 2. The molecule has 1 saturated carbocycles. The van der Waals surface area contributed by atoms with Gasteiger partial charge in [0.15, 0.2) is 0 Å². The first-order valence-corrected chi connectivity index (χ1v) is 8.22. The molecule has 4 nitrogen and oxygen atoms in total. The van der Waals surface area contributed by atoms with Crippen molar-refractivity contribution in [2.24, 2.45) is 0 Å². The lowest BCUT2D eigenvalue weighted by Gasteiger charge is -2.27. The molecule has 1 heterocycles. The molecule has 0 amide bonds. The van der Waals surface area contributed by atoms with E-state index in [4.69, 9.17) is 4.74 Å². The molecule has 0 radical (unpaired) electrons. The number of pyridine rings is 1. The number of hydrogen-bond acceptors (Lipinski definition) is 4. The molecule has 0 bridgehead atoms. The van der Waals surface area contributed by atoms with Crippen LogP contribution in [0.2, 0.25) is 0 Å². The standard InChI is InChI=1S/C19H24N2O2/c1-21(17-8-4-9-18(17)22)13-16-7-2-3-10-19(16)23-14-15-6-5-11-20-12-15/h2-3,5-7,10-12,17-18,22H,4,8-9,13-14H2,1H3/t17-,18-/m1/s1. The van der Waals surface area contributed by atoms with E-state index in [1.807, 2.05) is 36.5 Å². The van der Waals surface area contributed by atoms with Crippen LogP contribution in [0.4, 0.5) is 0 Å². The van der Waals surface area contributed by atoms with Crippen molar-refractivity contribution in [2.45, 2.75) is 44.6 Å². The monoisotopic (exact) mass is 312 g/mol. The van der Waals surface area contributed by atoms with Gasteiger partial charge in [-0.15, -0.1) is 0 Å². The van der Waals surface area contributed by atoms with Gasteiger partial charge in [0.1, 0.15) is 12.4 Å². The van der Waals surface area contributed by atoms with Crippen molar-refractivity contribution in [3.8, 4) is 5.75 Å². The second-order valence-corrected chi connectivity index (χ2v) is 6.24. The van der Waals surface area contributed by atoms with Gasteiger partial charge in [-0.1, -0.05) is 24.3 Å². The Bertz CT molecular complexity index is 618. The van der Waals surface area contributed by atoms with Crippen molar-refractivity contribution < 1.29 is 9.84 Å². The summed E-state index contributed by atoms with van der Waals surface area (Å²) in [5.74, 6) is 0.899. The Hall–Kier alpha value is -1.91. The minimum Gasteiger partial charge on any atom is -0.489 e. The van der Waals surface area contributed by atoms with Crippen LogP contribution in [0.5, 0.6) is 5.75 Å². The highest BCUT2D eigenvalue weighted by Gasteiger charge is 2.28. The molecule has 23 heavy (non-hydrogen) atoms. The average Bonchev–Trinajstić information content (AvgIpc) is 3.01. The van der Waals surface area contributed by atoms with E-state index in [0.29, 0.717) is 6.61 Å². The summed E-state index contributed by atoms with van der Waals surface area (Å²) in [7, 11) is 2.08. The van der Waals surface area contributed by atoms with Gasteiger partial charge < -0.3 is 9.84 Å². The van der Waals surface area contributed by atoms with Crippen LogP contribution < -0.4 is 4.74 Å². The number of ether oxygens (including phenoxy) is 1. The zero-order valence-corrected chi connectivity index (χ0v) is 13.6. The quantitative estimate of drug-likeness (QED) is 0.890. The molecule has 1 aliphatic rings. The molecule has 1 aliphatic carbocycles. The third-order valence-electron chi connectivity index (χ3n) is 4.52. The van der Waals surface area contributed by atoms with E-state index in [9.17, 15) is 5.11 Å². The molecule has 122 valence electrons. The minimum absolute atomic E-state index is 0.205. The van der Waals surface area contributed by atoms with Crippen molar-refractivity contribution in [1.29, 1.82) is 0 Å². The van der Waals surface area contributed by atoms with E-state index in [2.05, 4.69) is 23.0 Å². The Morgan fingerprint density at radius 3 is 2.83 bits per heavy atom. The average molecular weight is 312 g/mol. The van der Waals surface area contributed by atoms with Gasteiger partial charge in [-0.05, 0) is 38.4 Å². The molecule has 2 atom stereocenters. The normalized spacial score (nSPS) is 20.8. The molecule has 4 heteroatoms. The van der Waals surface area contributed by atoms with E-state index >= 15 is 0 Å². The predicted octanol–water partition coefficient (Wildman–Crippen LogP) is 3.01. The van der Waals surface area contributed by atoms with Crippen LogP contribution in [-0.4, -0.2) is 34.2 Å². The molecule has 0 saturated heterocycles. The van der Waals surface area contributed by atoms with Gasteiger partial charge in [0.25, 0.3) is 0 Å². The molecule has 1 fully saturated rings. The topological polar surface area (TPSA) is 45.6 Å². The molecule has 3 rings (SSSR count). The summed E-state index contributed by atoms with van der Waals surface area (Å²) in [5, 5.41) is 10.1. The molecule has 1 N–H and O–H groups in total. The summed E-state index contributed by atoms with van der Waals surface area (Å²) in [6.07, 6.45) is 6.46. The molecular formula is C19H24N2O2. The van der Waals surface area contributed by atoms with Crippen LogP contribution in [0.15, 0.2) is 48.8 Å². The summed E-state index contributed by atoms with van der Waals surface area (Å²) >= 11 is 0. The summed E-state index contributed by atoms with van der Waals surface area (Å²) in [5.41, 5.74) is 2.21. The van der Waals surface area contributed by atoms with E-state index < -0.39 is 0 Å². The molecule has 0 spiro atoms. The number of rotatable bonds is 6. The SMILES string of the molecule is CN(Cc1ccccc1OCc1cccnc1)[C@@H]1CCC[C@H]1O. The molecule has 1 aromatic heterocycles. The zero-order chi connectivity index (χ0) is 16.1. The van der Waals surface area contributed by atoms with E-state index in [1.54, 1.807) is 6.20 Å². The summed E-state index contributed by atoms with van der Waals surface area (Å²) in [6.45, 7) is 1.30. The Balaban J connectivity index is 1.65. The van der Waals surface area contributed by atoms with Gasteiger partial charge in [0.05, 0.1) is 6.10 Å². The van der Waals surface area contributed by atoms with Gasteiger partial charge in [0.2, 0.25) is 0 Å². The Morgan fingerprint density at radius 2 is 2.09 bits per heavy atom. The maximum atomic E-state index is 10.1. The third kappa shape index (κ3) is 4.09. The predicted molar refractivity (Wildman–Crippen MR) is 90.1 cm³/mol. The van der Waals surface area contributed by atoms with Crippen molar-refractivity contribution in [3.63, 3.8) is 0 Å². The van der Waals surface area contributed by atoms with Gasteiger partial charge in [0, 0.05) is 36.1 Å². The second kappa shape index (κ2) is 7.57. The number of likely N-dealkylation sites (N-methyl/N-ethyl adjacent to an activating group) is 1. The molecular weight excluding hydrogens is 288 g/mol. The molecule has 1 aromatic carbocycles. The number of aliphatic hydroxyl groups excluding tert-OH is 1. The first-order valence-electron chi connectivity index (χ1n) is 8.22. The lowest BCUT2D eigenvalue weighted by atomic mass is 10.1. The third-order valence-corrected chi connectivity index (χ3v) is 4.52. The Morgan fingerprint density at radius 1 is 1.22 bits per heavy atom. The fraction of sp³-hybridized carbons (Fsp3) is 0.421. The first kappa shape index (κ1) is 16.0. The van der Waals surface area contributed by atoms with E-state index in [0.717, 1.165) is 42.7 Å². The van der Waals surface area contributed by atoms with E-state index in [-0.39, 0.29) is 12.1 Å². The summed E-state index contributed by atoms with van der Waals surface area (Å²) in [4.78, 5) is 6.35. The second-order valence-electron chi connectivity index (χ2n) is 6.24. The van der Waals surface area contributed by atoms with Crippen molar-refractivity contribution in [2.75, 3.05) is 7.05 Å². The van der Waals surface area contributed by atoms with Crippen molar-refractivity contribution in [3.05, 3.63) is 59.9 Å². The van der Waals surface area contributed by atoms with E-state index in [1.165, 1.54) is 0 Å². The summed E-state index contributed by atoms with van der Waals surface area (Å²) in [6, 6.07) is 12.3. The maximum Gasteiger partial charge on any atom is 0.124 e. The van der Waals surface area contributed by atoms with Crippen LogP contribution in [0.1, 0.15) is 30.4 Å². The molecule has 2 aromatic rings. The summed E-state index contributed by atoms with van der Waals surface area (Å²) < 4.78 is 5.98. The van der Waals surface area contributed by atoms with Crippen LogP contribution in [0.3, 0.4) is 0 Å². The first-order chi connectivity index (χ1) is 11.2. The van der Waals surface area contributed by atoms with Crippen LogP contribution >= 0.6 is 0 Å². The number of benzene rings is 1. The largest absolute Gasteiger partial charge is 0.489 e. The Kier molecular flexibility index (Phi) is 5.26. The maximum absolute atomic E-state index is 10.1. The molecule has 0 aliphatic heterocycles. The molecule has 0 unspecified atom stereocenters. The van der Waals surface area contributed by atoms with Gasteiger partial charge in [-0.3, -0.25) is 9.88 Å². The lowest BCUT2D eigenvalue weighted by molar-refractivity contribution is 0.0818. The zero-order valence-electron chi connectivity index (χ0n) is 13.6. The number of aliphatic hydroxyl groups is 1. The minimum atomic E-state index is -0.205. The van der Waals surface area contributed by atoms with Crippen LogP contribution in [0.25, 0.3) is 0 Å². The number of para-hydroxylation sites is 1. The van der Waals surface area contributed by atoms with Crippen LogP contribution in [-0.2, 0) is 13.2 Å². The lowest BCUT2D eigenvalue weighted by Crippen LogP contribution is -2.37. The highest BCUT2D eigenvalue weighted by Crippen LogP contribution is 2.27. The fourth-order valence-electron chi connectivity index (χ4n) is 3.24. The number of hydrogen-bond donors (Lipinski definition) is 1. The smallest absolute Gasteiger partial charge is 0.124 e. The van der Waals surface area contributed by atoms with Crippen LogP contribution in [0, 0.1) is 0 Å². The Labute approximate surface area is 137 Å².